The normalized spacial score (nSPS) is 11.1. The van der Waals surface area contributed by atoms with Gasteiger partial charge in [0.25, 0.3) is 5.56 Å². The number of H-pyrrole nitrogens is 1. The van der Waals surface area contributed by atoms with Gasteiger partial charge in [0, 0.05) is 27.0 Å². The van der Waals surface area contributed by atoms with Crippen LogP contribution in [0.1, 0.15) is 0 Å². The molecule has 0 fully saturated rings. The Balaban J connectivity index is 1.64. The molecule has 0 radical (unpaired) electrons. The van der Waals surface area contributed by atoms with Crippen LogP contribution >= 0.6 is 11.6 Å². The van der Waals surface area contributed by atoms with Gasteiger partial charge >= 0.3 is 0 Å². The molecule has 0 atom stereocenters. The lowest BCUT2D eigenvalue weighted by molar-refractivity contribution is -0.117. The van der Waals surface area contributed by atoms with E-state index in [-0.39, 0.29) is 18.0 Å². The zero-order valence-corrected chi connectivity index (χ0v) is 13.7. The molecule has 0 aliphatic heterocycles. The summed E-state index contributed by atoms with van der Waals surface area (Å²) in [6, 6.07) is 14.4. The predicted octanol–water partition coefficient (Wildman–Crippen LogP) is 3.17. The first-order valence-corrected chi connectivity index (χ1v) is 8.01. The molecule has 2 aromatic heterocycles. The van der Waals surface area contributed by atoms with Crippen LogP contribution < -0.4 is 10.9 Å². The molecule has 6 nitrogen and oxygen atoms in total. The number of nitrogens with one attached hydrogen (secondary N) is 2. The van der Waals surface area contributed by atoms with Crippen molar-refractivity contribution < 1.29 is 4.79 Å². The van der Waals surface area contributed by atoms with Gasteiger partial charge in [0.2, 0.25) is 5.91 Å². The summed E-state index contributed by atoms with van der Waals surface area (Å²) in [6.45, 7) is -0.174. The van der Waals surface area contributed by atoms with E-state index in [1.54, 1.807) is 30.5 Å². The summed E-state index contributed by atoms with van der Waals surface area (Å²) in [7, 11) is 0. The van der Waals surface area contributed by atoms with Gasteiger partial charge in [0.05, 0.1) is 6.20 Å². The lowest BCUT2D eigenvalue weighted by Gasteiger charge is -2.06. The Kier molecular flexibility index (Phi) is 3.74. The minimum atomic E-state index is -0.340. The average molecular weight is 353 g/mol. The number of nitrogens with zero attached hydrogens (tertiary/aromatic N) is 2. The fourth-order valence-corrected chi connectivity index (χ4v) is 2.88. The summed E-state index contributed by atoms with van der Waals surface area (Å²) >= 11 is 5.82. The van der Waals surface area contributed by atoms with Crippen LogP contribution in [0.25, 0.3) is 21.8 Å². The highest BCUT2D eigenvalue weighted by molar-refractivity contribution is 6.30. The molecule has 2 heterocycles. The smallest absolute Gasteiger partial charge is 0.291 e. The van der Waals surface area contributed by atoms with Crippen molar-refractivity contribution in [2.24, 2.45) is 0 Å². The lowest BCUT2D eigenvalue weighted by Crippen LogP contribution is -2.29. The Bertz CT molecular complexity index is 1150. The Morgan fingerprint density at radius 3 is 2.68 bits per heavy atom. The number of para-hydroxylation sites is 1. The molecule has 0 saturated heterocycles. The number of aromatic nitrogens is 3. The third-order valence-corrected chi connectivity index (χ3v) is 4.19. The Hall–Kier alpha value is -3.12. The fraction of sp³-hybridized carbons (Fsp3) is 0.0556. The maximum Gasteiger partial charge on any atom is 0.291 e. The number of hydrogen-bond donors (Lipinski definition) is 2. The number of carbonyl (C=O) groups is 1. The number of amides is 1. The van der Waals surface area contributed by atoms with E-state index in [2.05, 4.69) is 15.4 Å². The van der Waals surface area contributed by atoms with E-state index in [4.69, 9.17) is 11.6 Å². The van der Waals surface area contributed by atoms with Gasteiger partial charge in [-0.25, -0.2) is 4.68 Å². The molecule has 0 spiro atoms. The highest BCUT2D eigenvalue weighted by atomic mass is 35.5. The van der Waals surface area contributed by atoms with Gasteiger partial charge in [-0.3, -0.25) is 9.59 Å². The molecule has 1 amide bonds. The summed E-state index contributed by atoms with van der Waals surface area (Å²) < 4.78 is 1.14. The molecule has 0 aliphatic rings. The molecule has 4 aromatic rings. The van der Waals surface area contributed by atoms with Crippen molar-refractivity contribution in [2.75, 3.05) is 5.32 Å². The zero-order chi connectivity index (χ0) is 17.4. The molecular formula is C18H13ClN4O2. The van der Waals surface area contributed by atoms with Crippen molar-refractivity contribution >= 4 is 45.0 Å². The molecule has 25 heavy (non-hydrogen) atoms. The molecule has 0 bridgehead atoms. The van der Waals surface area contributed by atoms with E-state index >= 15 is 0 Å². The fourth-order valence-electron chi connectivity index (χ4n) is 2.76. The lowest BCUT2D eigenvalue weighted by atomic mass is 10.2. The Labute approximate surface area is 147 Å². The second kappa shape index (κ2) is 6.07. The monoisotopic (exact) mass is 352 g/mol. The first kappa shape index (κ1) is 15.4. The van der Waals surface area contributed by atoms with Gasteiger partial charge < -0.3 is 10.3 Å². The van der Waals surface area contributed by atoms with Crippen LogP contribution in [0, 0.1) is 0 Å². The number of hydrogen-bond acceptors (Lipinski definition) is 3. The summed E-state index contributed by atoms with van der Waals surface area (Å²) in [5, 5.41) is 9.10. The third kappa shape index (κ3) is 2.88. The molecule has 0 aliphatic carbocycles. The summed E-state index contributed by atoms with van der Waals surface area (Å²) in [6.07, 6.45) is 1.60. The van der Waals surface area contributed by atoms with Crippen molar-refractivity contribution in [3.63, 3.8) is 0 Å². The first-order chi connectivity index (χ1) is 12.1. The van der Waals surface area contributed by atoms with Gasteiger partial charge in [-0.2, -0.15) is 5.10 Å². The van der Waals surface area contributed by atoms with Crippen LogP contribution in [0.15, 0.2) is 59.5 Å². The van der Waals surface area contributed by atoms with Crippen molar-refractivity contribution in [3.05, 3.63) is 70.1 Å². The Morgan fingerprint density at radius 1 is 1.12 bits per heavy atom. The van der Waals surface area contributed by atoms with Crippen LogP contribution in [-0.2, 0) is 11.3 Å². The summed E-state index contributed by atoms with van der Waals surface area (Å²) in [5.41, 5.74) is 1.57. The van der Waals surface area contributed by atoms with Crippen molar-refractivity contribution in [2.45, 2.75) is 6.54 Å². The minimum Gasteiger partial charge on any atom is -0.350 e. The Morgan fingerprint density at radius 2 is 1.88 bits per heavy atom. The number of aromatic amines is 1. The van der Waals surface area contributed by atoms with Gasteiger partial charge in [-0.1, -0.05) is 29.8 Å². The number of rotatable bonds is 3. The van der Waals surface area contributed by atoms with E-state index in [0.717, 1.165) is 21.0 Å². The average Bonchev–Trinajstić information content (AvgIpc) is 2.99. The molecular weight excluding hydrogens is 340 g/mol. The van der Waals surface area contributed by atoms with Crippen LogP contribution in [-0.4, -0.2) is 20.7 Å². The molecule has 124 valence electrons. The predicted molar refractivity (Wildman–Crippen MR) is 97.9 cm³/mol. The van der Waals surface area contributed by atoms with E-state index in [1.807, 2.05) is 24.3 Å². The molecule has 2 N–H and O–H groups in total. The third-order valence-electron chi connectivity index (χ3n) is 3.94. The van der Waals surface area contributed by atoms with E-state index < -0.39 is 0 Å². The van der Waals surface area contributed by atoms with Crippen molar-refractivity contribution in [1.29, 1.82) is 0 Å². The highest BCUT2D eigenvalue weighted by Gasteiger charge is 2.12. The van der Waals surface area contributed by atoms with Crippen LogP contribution in [0.4, 0.5) is 5.69 Å². The summed E-state index contributed by atoms with van der Waals surface area (Å²) in [5.74, 6) is -0.340. The maximum absolute atomic E-state index is 12.6. The SMILES string of the molecule is O=C(Cn1ncc2c([nH]c3ccccc32)c1=O)Nc1ccc(Cl)cc1. The molecule has 7 heteroatoms. The van der Waals surface area contributed by atoms with Crippen LogP contribution in [0.5, 0.6) is 0 Å². The second-order valence-corrected chi connectivity index (χ2v) is 6.06. The molecule has 0 unspecified atom stereocenters. The van der Waals surface area contributed by atoms with Crippen molar-refractivity contribution in [1.82, 2.24) is 14.8 Å². The molecule has 4 rings (SSSR count). The number of benzene rings is 2. The van der Waals surface area contributed by atoms with Gasteiger partial charge in [0.15, 0.2) is 0 Å². The first-order valence-electron chi connectivity index (χ1n) is 7.64. The van der Waals surface area contributed by atoms with E-state index in [1.165, 1.54) is 0 Å². The quantitative estimate of drug-likeness (QED) is 0.594. The standard InChI is InChI=1S/C18H13ClN4O2/c19-11-5-7-12(8-6-11)21-16(24)10-23-18(25)17-14(9-20-23)13-3-1-2-4-15(13)22-17/h1-9,22H,10H2,(H,21,24). The van der Waals surface area contributed by atoms with Gasteiger partial charge in [-0.05, 0) is 30.3 Å². The highest BCUT2D eigenvalue weighted by Crippen LogP contribution is 2.21. The largest absolute Gasteiger partial charge is 0.350 e. The van der Waals surface area contributed by atoms with E-state index in [9.17, 15) is 9.59 Å². The second-order valence-electron chi connectivity index (χ2n) is 5.62. The van der Waals surface area contributed by atoms with Gasteiger partial charge in [0.1, 0.15) is 12.1 Å². The van der Waals surface area contributed by atoms with Crippen molar-refractivity contribution in [3.8, 4) is 0 Å². The van der Waals surface area contributed by atoms with Crippen LogP contribution in [0.2, 0.25) is 5.02 Å². The number of carbonyl (C=O) groups excluding carboxylic acids is 1. The molecule has 0 saturated carbocycles. The zero-order valence-electron chi connectivity index (χ0n) is 13.0. The number of halogens is 1. The number of fused-ring (bicyclic) bond motifs is 3. The summed E-state index contributed by atoms with van der Waals surface area (Å²) in [4.78, 5) is 27.9. The van der Waals surface area contributed by atoms with Crippen LogP contribution in [0.3, 0.4) is 0 Å². The minimum absolute atomic E-state index is 0.174. The topological polar surface area (TPSA) is 79.8 Å². The number of anilines is 1. The molecule has 2 aromatic carbocycles. The van der Waals surface area contributed by atoms with Gasteiger partial charge in [-0.15, -0.1) is 0 Å². The van der Waals surface area contributed by atoms with E-state index in [0.29, 0.717) is 16.2 Å². The maximum atomic E-state index is 12.6.